The molecule has 4 heteroatoms. The predicted molar refractivity (Wildman–Crippen MR) is 116 cm³/mol. The minimum absolute atomic E-state index is 0.0111. The van der Waals surface area contributed by atoms with Crippen LogP contribution in [0.15, 0.2) is 47.3 Å². The Hall–Kier alpha value is -2.88. The van der Waals surface area contributed by atoms with E-state index >= 15 is 0 Å². The number of phenols is 1. The van der Waals surface area contributed by atoms with Crippen molar-refractivity contribution < 1.29 is 9.90 Å². The van der Waals surface area contributed by atoms with E-state index in [1.807, 2.05) is 12.1 Å². The van der Waals surface area contributed by atoms with E-state index < -0.39 is 0 Å². The molecule has 1 unspecified atom stereocenters. The maximum atomic E-state index is 12.8. The van der Waals surface area contributed by atoms with Crippen molar-refractivity contribution in [3.63, 3.8) is 0 Å². The topological polar surface area (TPSA) is 59.3 Å². The molecule has 0 saturated carbocycles. The van der Waals surface area contributed by atoms with Crippen LogP contribution in [0.4, 0.5) is 0 Å². The highest BCUT2D eigenvalue weighted by Gasteiger charge is 2.25. The van der Waals surface area contributed by atoms with Gasteiger partial charge in [0.05, 0.1) is 5.52 Å². The van der Waals surface area contributed by atoms with Gasteiger partial charge < -0.3 is 9.67 Å². The Morgan fingerprint density at radius 3 is 2.62 bits per heavy atom. The molecule has 4 nitrogen and oxygen atoms in total. The summed E-state index contributed by atoms with van der Waals surface area (Å²) in [6.07, 6.45) is 4.76. The van der Waals surface area contributed by atoms with Crippen molar-refractivity contribution in [2.45, 2.75) is 51.4 Å². The molecule has 0 amide bonds. The SMILES string of the molecule is CC(CCCc1ccccc1)c1cc2c(cc1O)c1c(c(=O)n2C)CCCC1=O. The Labute approximate surface area is 170 Å². The molecule has 150 valence electrons. The van der Waals surface area contributed by atoms with Gasteiger partial charge in [-0.1, -0.05) is 37.3 Å². The molecule has 0 spiro atoms. The molecule has 1 atom stereocenters. The van der Waals surface area contributed by atoms with E-state index in [0.717, 1.165) is 36.8 Å². The van der Waals surface area contributed by atoms with Gasteiger partial charge in [-0.3, -0.25) is 9.59 Å². The smallest absolute Gasteiger partial charge is 0.254 e. The van der Waals surface area contributed by atoms with Gasteiger partial charge in [0.1, 0.15) is 5.75 Å². The van der Waals surface area contributed by atoms with E-state index in [0.29, 0.717) is 29.4 Å². The fourth-order valence-electron chi connectivity index (χ4n) is 4.56. The third-order valence-electron chi connectivity index (χ3n) is 6.23. The normalized spacial score (nSPS) is 14.8. The lowest BCUT2D eigenvalue weighted by Crippen LogP contribution is -2.28. The first-order valence-electron chi connectivity index (χ1n) is 10.4. The lowest BCUT2D eigenvalue weighted by Gasteiger charge is -2.21. The molecule has 1 aliphatic carbocycles. The van der Waals surface area contributed by atoms with Crippen LogP contribution in [0, 0.1) is 0 Å². The quantitative estimate of drug-likeness (QED) is 0.676. The van der Waals surface area contributed by atoms with Crippen LogP contribution in [0.25, 0.3) is 10.9 Å². The summed E-state index contributed by atoms with van der Waals surface area (Å²) >= 11 is 0. The maximum absolute atomic E-state index is 12.8. The second-order valence-electron chi connectivity index (χ2n) is 8.20. The molecule has 4 rings (SSSR count). The first-order chi connectivity index (χ1) is 14.0. The van der Waals surface area contributed by atoms with Gasteiger partial charge in [0.15, 0.2) is 5.78 Å². The zero-order valence-electron chi connectivity index (χ0n) is 17.1. The molecule has 1 heterocycles. The van der Waals surface area contributed by atoms with Gasteiger partial charge in [-0.15, -0.1) is 0 Å². The lowest BCUT2D eigenvalue weighted by molar-refractivity contribution is 0.0974. The molecule has 2 aromatic carbocycles. The number of carbonyl (C=O) groups excluding carboxylic acids is 1. The first kappa shape index (κ1) is 19.4. The Morgan fingerprint density at radius 1 is 1.10 bits per heavy atom. The maximum Gasteiger partial charge on any atom is 0.254 e. The standard InChI is InChI=1S/C25H27NO3/c1-16(8-6-11-17-9-4-3-5-10-17)19-14-21-20(15-23(19)28)24-18(25(29)26(21)2)12-7-13-22(24)27/h3-5,9-10,14-16,28H,6-8,11-13H2,1-2H3. The molecule has 1 aromatic heterocycles. The van der Waals surface area contributed by atoms with Gasteiger partial charge in [-0.25, -0.2) is 0 Å². The average molecular weight is 389 g/mol. The highest BCUT2D eigenvalue weighted by molar-refractivity contribution is 6.09. The molecular weight excluding hydrogens is 362 g/mol. The van der Waals surface area contributed by atoms with Gasteiger partial charge in [-0.2, -0.15) is 0 Å². The number of hydrogen-bond donors (Lipinski definition) is 1. The number of nitrogens with zero attached hydrogens (tertiary/aromatic N) is 1. The third kappa shape index (κ3) is 3.59. The van der Waals surface area contributed by atoms with Crippen molar-refractivity contribution in [1.82, 2.24) is 4.57 Å². The number of ketones is 1. The van der Waals surface area contributed by atoms with Gasteiger partial charge in [-0.05, 0) is 61.3 Å². The van der Waals surface area contributed by atoms with Crippen molar-refractivity contribution in [3.8, 4) is 5.75 Å². The largest absolute Gasteiger partial charge is 0.508 e. The van der Waals surface area contributed by atoms with Crippen LogP contribution in [0.3, 0.4) is 0 Å². The van der Waals surface area contributed by atoms with Gasteiger partial charge in [0.25, 0.3) is 5.56 Å². The summed E-state index contributed by atoms with van der Waals surface area (Å²) in [6.45, 7) is 2.10. The number of benzene rings is 2. The molecule has 1 aliphatic rings. The van der Waals surface area contributed by atoms with Crippen molar-refractivity contribution >= 4 is 16.7 Å². The molecule has 0 radical (unpaired) electrons. The fourth-order valence-corrected chi connectivity index (χ4v) is 4.56. The minimum atomic E-state index is -0.0890. The third-order valence-corrected chi connectivity index (χ3v) is 6.23. The molecule has 0 fully saturated rings. The lowest BCUT2D eigenvalue weighted by atomic mass is 9.86. The van der Waals surface area contributed by atoms with Crippen molar-refractivity contribution in [2.24, 2.45) is 7.05 Å². The molecule has 0 saturated heterocycles. The van der Waals surface area contributed by atoms with Crippen LogP contribution in [-0.2, 0) is 19.9 Å². The van der Waals surface area contributed by atoms with E-state index in [2.05, 4.69) is 31.2 Å². The summed E-state index contributed by atoms with van der Waals surface area (Å²) in [7, 11) is 1.75. The fraction of sp³-hybridized carbons (Fsp3) is 0.360. The van der Waals surface area contributed by atoms with Gasteiger partial charge in [0.2, 0.25) is 0 Å². The number of Topliss-reactive ketones (excluding diaryl/α,β-unsaturated/α-hetero) is 1. The molecular formula is C25H27NO3. The molecule has 3 aromatic rings. The van der Waals surface area contributed by atoms with Gasteiger partial charge in [0, 0.05) is 30.0 Å². The number of aromatic hydroxyl groups is 1. The van der Waals surface area contributed by atoms with Crippen LogP contribution >= 0.6 is 0 Å². The Bertz CT molecular complexity index is 1130. The number of carbonyl (C=O) groups is 1. The zero-order chi connectivity index (χ0) is 20.5. The van der Waals surface area contributed by atoms with Crippen LogP contribution in [0.1, 0.15) is 65.6 Å². The number of hydrogen-bond acceptors (Lipinski definition) is 3. The number of aryl methyl sites for hydroxylation is 2. The summed E-state index contributed by atoms with van der Waals surface area (Å²) in [4.78, 5) is 25.4. The van der Waals surface area contributed by atoms with Crippen LogP contribution < -0.4 is 5.56 Å². The van der Waals surface area contributed by atoms with E-state index in [-0.39, 0.29) is 23.0 Å². The molecule has 1 N–H and O–H groups in total. The predicted octanol–water partition coefficient (Wildman–Crippen LogP) is 4.89. The molecule has 0 bridgehead atoms. The molecule has 0 aliphatic heterocycles. The second kappa shape index (κ2) is 7.86. The second-order valence-corrected chi connectivity index (χ2v) is 8.20. The van der Waals surface area contributed by atoms with E-state index in [1.165, 1.54) is 5.56 Å². The average Bonchev–Trinajstić information content (AvgIpc) is 2.72. The Kier molecular flexibility index (Phi) is 5.27. The van der Waals surface area contributed by atoms with Crippen LogP contribution in [-0.4, -0.2) is 15.5 Å². The van der Waals surface area contributed by atoms with Crippen molar-refractivity contribution in [3.05, 3.63) is 75.1 Å². The zero-order valence-corrected chi connectivity index (χ0v) is 17.1. The highest BCUT2D eigenvalue weighted by atomic mass is 16.3. The van der Waals surface area contributed by atoms with Crippen LogP contribution in [0.5, 0.6) is 5.75 Å². The van der Waals surface area contributed by atoms with E-state index in [9.17, 15) is 14.7 Å². The highest BCUT2D eigenvalue weighted by Crippen LogP contribution is 2.36. The number of phenolic OH excluding ortho intramolecular Hbond substituents is 1. The Morgan fingerprint density at radius 2 is 1.86 bits per heavy atom. The first-order valence-corrected chi connectivity index (χ1v) is 10.4. The van der Waals surface area contributed by atoms with E-state index in [1.54, 1.807) is 17.7 Å². The summed E-state index contributed by atoms with van der Waals surface area (Å²) in [5, 5.41) is 11.4. The number of aromatic nitrogens is 1. The molecule has 29 heavy (non-hydrogen) atoms. The van der Waals surface area contributed by atoms with Crippen molar-refractivity contribution in [1.29, 1.82) is 0 Å². The van der Waals surface area contributed by atoms with Crippen LogP contribution in [0.2, 0.25) is 0 Å². The number of fused-ring (bicyclic) bond motifs is 3. The summed E-state index contributed by atoms with van der Waals surface area (Å²) in [5.41, 5.74) is 3.91. The number of pyridine rings is 1. The van der Waals surface area contributed by atoms with Crippen molar-refractivity contribution in [2.75, 3.05) is 0 Å². The van der Waals surface area contributed by atoms with E-state index in [4.69, 9.17) is 0 Å². The summed E-state index contributed by atoms with van der Waals surface area (Å²) in [6, 6.07) is 14.0. The Balaban J connectivity index is 1.67. The summed E-state index contributed by atoms with van der Waals surface area (Å²) in [5.74, 6) is 0.380. The monoisotopic (exact) mass is 389 g/mol. The van der Waals surface area contributed by atoms with Gasteiger partial charge >= 0.3 is 0 Å². The minimum Gasteiger partial charge on any atom is -0.508 e. The summed E-state index contributed by atoms with van der Waals surface area (Å²) < 4.78 is 1.63. The number of rotatable bonds is 5.